The molecule has 0 amide bonds. The van der Waals surface area contributed by atoms with Crippen molar-refractivity contribution in [2.75, 3.05) is 13.1 Å². The molecule has 1 aromatic heterocycles. The Morgan fingerprint density at radius 2 is 1.95 bits per heavy atom. The zero-order valence-electron chi connectivity index (χ0n) is 13.0. The van der Waals surface area contributed by atoms with Crippen LogP contribution in [-0.4, -0.2) is 23.1 Å². The number of nitrogens with zero attached hydrogens (tertiary/aromatic N) is 2. The Morgan fingerprint density at radius 3 is 2.65 bits per heavy atom. The maximum atomic E-state index is 4.23. The molecule has 1 N–H and O–H groups in total. The monoisotopic (exact) mass is 275 g/mol. The molecule has 3 nitrogen and oxygen atoms in total. The van der Waals surface area contributed by atoms with Gasteiger partial charge in [0.2, 0.25) is 0 Å². The Balaban J connectivity index is 2.02. The minimum Gasteiger partial charge on any atom is -0.316 e. The van der Waals surface area contributed by atoms with Crippen molar-refractivity contribution in [3.05, 3.63) is 24.3 Å². The minimum absolute atomic E-state index is 0.644. The van der Waals surface area contributed by atoms with E-state index in [2.05, 4.69) is 29.1 Å². The SMILES string of the molecule is CCCNCC1CCC(CCC)CC1c1cncnc1. The van der Waals surface area contributed by atoms with Gasteiger partial charge in [0.05, 0.1) is 0 Å². The first-order valence-electron chi connectivity index (χ1n) is 8.30. The van der Waals surface area contributed by atoms with Crippen molar-refractivity contribution in [1.29, 1.82) is 0 Å². The third-order valence-corrected chi connectivity index (χ3v) is 4.64. The molecule has 0 spiro atoms. The molecule has 0 aliphatic heterocycles. The standard InChI is InChI=1S/C17H29N3/c1-3-5-14-6-7-15(10-18-8-4-2)17(9-14)16-11-19-13-20-12-16/h11-15,17-18H,3-10H2,1-2H3. The lowest BCUT2D eigenvalue weighted by Crippen LogP contribution is -2.32. The minimum atomic E-state index is 0.644. The summed E-state index contributed by atoms with van der Waals surface area (Å²) in [5.74, 6) is 2.29. The van der Waals surface area contributed by atoms with Crippen LogP contribution in [0.1, 0.15) is 63.9 Å². The highest BCUT2D eigenvalue weighted by molar-refractivity contribution is 5.13. The van der Waals surface area contributed by atoms with Crippen LogP contribution in [0.5, 0.6) is 0 Å². The molecule has 1 aromatic rings. The van der Waals surface area contributed by atoms with E-state index in [4.69, 9.17) is 0 Å². The lowest BCUT2D eigenvalue weighted by atomic mass is 9.70. The van der Waals surface area contributed by atoms with Gasteiger partial charge >= 0.3 is 0 Å². The van der Waals surface area contributed by atoms with Gasteiger partial charge in [0.25, 0.3) is 0 Å². The van der Waals surface area contributed by atoms with Gasteiger partial charge in [-0.25, -0.2) is 9.97 Å². The van der Waals surface area contributed by atoms with Crippen LogP contribution in [0.2, 0.25) is 0 Å². The number of rotatable bonds is 7. The van der Waals surface area contributed by atoms with Gasteiger partial charge in [-0.15, -0.1) is 0 Å². The molecule has 2 rings (SSSR count). The van der Waals surface area contributed by atoms with E-state index in [0.717, 1.165) is 24.9 Å². The summed E-state index contributed by atoms with van der Waals surface area (Å²) in [6, 6.07) is 0. The Bertz CT molecular complexity index is 366. The van der Waals surface area contributed by atoms with Crippen LogP contribution < -0.4 is 5.32 Å². The van der Waals surface area contributed by atoms with Gasteiger partial charge in [-0.3, -0.25) is 0 Å². The Labute approximate surface area is 123 Å². The summed E-state index contributed by atoms with van der Waals surface area (Å²) in [5.41, 5.74) is 1.34. The third kappa shape index (κ3) is 4.27. The molecule has 1 fully saturated rings. The third-order valence-electron chi connectivity index (χ3n) is 4.64. The second-order valence-electron chi connectivity index (χ2n) is 6.21. The van der Waals surface area contributed by atoms with Gasteiger partial charge in [-0.2, -0.15) is 0 Å². The van der Waals surface area contributed by atoms with Crippen molar-refractivity contribution in [3.63, 3.8) is 0 Å². The van der Waals surface area contributed by atoms with Crippen LogP contribution >= 0.6 is 0 Å². The van der Waals surface area contributed by atoms with Gasteiger partial charge in [0.1, 0.15) is 6.33 Å². The molecule has 1 aliphatic rings. The summed E-state index contributed by atoms with van der Waals surface area (Å²) in [5, 5.41) is 3.61. The topological polar surface area (TPSA) is 37.8 Å². The van der Waals surface area contributed by atoms with Crippen LogP contribution in [0, 0.1) is 11.8 Å². The van der Waals surface area contributed by atoms with Crippen molar-refractivity contribution in [3.8, 4) is 0 Å². The van der Waals surface area contributed by atoms with E-state index in [9.17, 15) is 0 Å². The fourth-order valence-electron chi connectivity index (χ4n) is 3.61. The molecule has 1 saturated carbocycles. The second kappa shape index (κ2) is 8.35. The van der Waals surface area contributed by atoms with Crippen molar-refractivity contribution >= 4 is 0 Å². The summed E-state index contributed by atoms with van der Waals surface area (Å²) >= 11 is 0. The molecule has 0 aromatic carbocycles. The zero-order chi connectivity index (χ0) is 14.2. The van der Waals surface area contributed by atoms with Crippen molar-refractivity contribution < 1.29 is 0 Å². The van der Waals surface area contributed by atoms with Gasteiger partial charge in [-0.05, 0) is 55.7 Å². The van der Waals surface area contributed by atoms with E-state index in [-0.39, 0.29) is 0 Å². The van der Waals surface area contributed by atoms with E-state index in [1.807, 2.05) is 12.4 Å². The van der Waals surface area contributed by atoms with Crippen LogP contribution in [0.3, 0.4) is 0 Å². The van der Waals surface area contributed by atoms with E-state index in [1.165, 1.54) is 44.1 Å². The van der Waals surface area contributed by atoms with Crippen molar-refractivity contribution in [2.45, 2.75) is 58.3 Å². The Hall–Kier alpha value is -0.960. The first-order valence-corrected chi connectivity index (χ1v) is 8.30. The van der Waals surface area contributed by atoms with Crippen LogP contribution in [0.4, 0.5) is 0 Å². The quantitative estimate of drug-likeness (QED) is 0.770. The summed E-state index contributed by atoms with van der Waals surface area (Å²) in [6.07, 6.45) is 13.7. The molecule has 3 atom stereocenters. The maximum Gasteiger partial charge on any atom is 0.115 e. The van der Waals surface area contributed by atoms with Gasteiger partial charge in [0.15, 0.2) is 0 Å². The normalized spacial score (nSPS) is 26.6. The van der Waals surface area contributed by atoms with E-state index in [1.54, 1.807) is 6.33 Å². The molecule has 0 radical (unpaired) electrons. The molecule has 3 heteroatoms. The largest absolute Gasteiger partial charge is 0.316 e. The molecule has 0 saturated heterocycles. The van der Waals surface area contributed by atoms with Crippen LogP contribution in [0.15, 0.2) is 18.7 Å². The molecule has 1 heterocycles. The van der Waals surface area contributed by atoms with Crippen LogP contribution in [0.25, 0.3) is 0 Å². The highest BCUT2D eigenvalue weighted by atomic mass is 14.9. The van der Waals surface area contributed by atoms with Gasteiger partial charge in [0, 0.05) is 12.4 Å². The van der Waals surface area contributed by atoms with Gasteiger partial charge in [-0.1, -0.05) is 33.1 Å². The van der Waals surface area contributed by atoms with E-state index >= 15 is 0 Å². The number of hydrogen-bond donors (Lipinski definition) is 1. The highest BCUT2D eigenvalue weighted by Crippen LogP contribution is 2.41. The highest BCUT2D eigenvalue weighted by Gasteiger charge is 2.31. The molecule has 3 unspecified atom stereocenters. The zero-order valence-corrected chi connectivity index (χ0v) is 13.0. The smallest absolute Gasteiger partial charge is 0.115 e. The summed E-state index contributed by atoms with van der Waals surface area (Å²) < 4.78 is 0. The summed E-state index contributed by atoms with van der Waals surface area (Å²) in [4.78, 5) is 8.46. The fourth-order valence-corrected chi connectivity index (χ4v) is 3.61. The van der Waals surface area contributed by atoms with Crippen molar-refractivity contribution in [2.24, 2.45) is 11.8 Å². The van der Waals surface area contributed by atoms with Crippen LogP contribution in [-0.2, 0) is 0 Å². The molecular weight excluding hydrogens is 246 g/mol. The maximum absolute atomic E-state index is 4.23. The lowest BCUT2D eigenvalue weighted by molar-refractivity contribution is 0.220. The Morgan fingerprint density at radius 1 is 1.15 bits per heavy atom. The Kier molecular flexibility index (Phi) is 6.44. The predicted octanol–water partition coefficient (Wildman–Crippen LogP) is 3.78. The molecule has 112 valence electrons. The first kappa shape index (κ1) is 15.4. The fraction of sp³-hybridized carbons (Fsp3) is 0.765. The molecule has 1 aliphatic carbocycles. The molecule has 0 bridgehead atoms. The van der Waals surface area contributed by atoms with E-state index < -0.39 is 0 Å². The van der Waals surface area contributed by atoms with Crippen molar-refractivity contribution in [1.82, 2.24) is 15.3 Å². The lowest BCUT2D eigenvalue weighted by Gasteiger charge is -2.36. The average Bonchev–Trinajstić information content (AvgIpc) is 2.50. The second-order valence-corrected chi connectivity index (χ2v) is 6.21. The molecular formula is C17H29N3. The average molecular weight is 275 g/mol. The number of aromatic nitrogens is 2. The van der Waals surface area contributed by atoms with E-state index in [0.29, 0.717) is 5.92 Å². The van der Waals surface area contributed by atoms with Gasteiger partial charge < -0.3 is 5.32 Å². The first-order chi connectivity index (χ1) is 9.85. The number of nitrogens with one attached hydrogen (secondary N) is 1. The molecule has 20 heavy (non-hydrogen) atoms. The predicted molar refractivity (Wildman–Crippen MR) is 83.7 cm³/mol. The summed E-state index contributed by atoms with van der Waals surface area (Å²) in [7, 11) is 0. The summed E-state index contributed by atoms with van der Waals surface area (Å²) in [6.45, 7) is 6.81. The number of hydrogen-bond acceptors (Lipinski definition) is 3.